The summed E-state index contributed by atoms with van der Waals surface area (Å²) in [5, 5.41) is 9.49. The average molecular weight is 310 g/mol. The molecule has 0 amide bonds. The van der Waals surface area contributed by atoms with Gasteiger partial charge in [-0.15, -0.1) is 0 Å². The summed E-state index contributed by atoms with van der Waals surface area (Å²) in [6.07, 6.45) is 6.64. The summed E-state index contributed by atoms with van der Waals surface area (Å²) in [7, 11) is 0. The predicted molar refractivity (Wildman–Crippen MR) is 76.6 cm³/mol. The number of halogens is 1. The van der Waals surface area contributed by atoms with E-state index in [1.165, 1.54) is 37.7 Å². The second-order valence-corrected chi connectivity index (χ2v) is 6.40. The molecule has 1 saturated carbocycles. The summed E-state index contributed by atoms with van der Waals surface area (Å²) in [5.74, 6) is 0. The Morgan fingerprint density at radius 1 is 1.11 bits per heavy atom. The highest BCUT2D eigenvalue weighted by Crippen LogP contribution is 2.50. The van der Waals surface area contributed by atoms with Crippen LogP contribution in [0.2, 0.25) is 0 Å². The van der Waals surface area contributed by atoms with E-state index in [4.69, 9.17) is 0 Å². The van der Waals surface area contributed by atoms with Crippen molar-refractivity contribution < 1.29 is 5.11 Å². The van der Waals surface area contributed by atoms with Crippen LogP contribution in [-0.2, 0) is 0 Å². The van der Waals surface area contributed by atoms with Gasteiger partial charge in [-0.2, -0.15) is 0 Å². The van der Waals surface area contributed by atoms with Crippen LogP contribution in [0.15, 0.2) is 30.3 Å². The third-order valence-electron chi connectivity index (χ3n) is 4.32. The van der Waals surface area contributed by atoms with Crippen molar-refractivity contribution in [2.45, 2.75) is 55.2 Å². The van der Waals surface area contributed by atoms with Gasteiger partial charge < -0.3 is 5.11 Å². The first-order valence-electron chi connectivity index (χ1n) is 6.93. The largest absolute Gasteiger partial charge is 0.380 e. The quantitative estimate of drug-likeness (QED) is 0.682. The molecule has 0 spiro atoms. The lowest BCUT2D eigenvalue weighted by atomic mass is 9.95. The van der Waals surface area contributed by atoms with Gasteiger partial charge in [0, 0.05) is 6.04 Å². The number of aliphatic hydroxyl groups is 1. The average Bonchev–Trinajstić information content (AvgIpc) is 3.16. The zero-order chi connectivity index (χ0) is 12.5. The Bertz CT molecular complexity index is 389. The Balaban J connectivity index is 1.77. The van der Waals surface area contributed by atoms with Gasteiger partial charge in [-0.1, -0.05) is 65.5 Å². The minimum Gasteiger partial charge on any atom is -0.380 e. The fourth-order valence-electron chi connectivity index (χ4n) is 3.43. The summed E-state index contributed by atoms with van der Waals surface area (Å²) in [6.45, 7) is 0. The highest BCUT2D eigenvalue weighted by molar-refractivity contribution is 9.09. The lowest BCUT2D eigenvalue weighted by Gasteiger charge is -2.24. The number of rotatable bonds is 3. The molecule has 1 aliphatic carbocycles. The lowest BCUT2D eigenvalue weighted by molar-refractivity contribution is 0.210. The molecule has 1 aliphatic heterocycles. The summed E-state index contributed by atoms with van der Waals surface area (Å²) in [5.41, 5.74) is 1.34. The SMILES string of the molecule is OC(Br)C1C(c2ccccc2)N1C1CCCCC1. The number of hydrogen-bond acceptors (Lipinski definition) is 2. The Kier molecular flexibility index (Phi) is 3.73. The van der Waals surface area contributed by atoms with Crippen LogP contribution in [0.1, 0.15) is 43.7 Å². The Hall–Kier alpha value is -0.380. The first-order chi connectivity index (χ1) is 8.79. The molecule has 2 aliphatic rings. The van der Waals surface area contributed by atoms with E-state index in [2.05, 4.69) is 51.2 Å². The van der Waals surface area contributed by atoms with Crippen LogP contribution in [0.4, 0.5) is 0 Å². The van der Waals surface area contributed by atoms with Gasteiger partial charge in [0.05, 0.1) is 12.1 Å². The van der Waals surface area contributed by atoms with Gasteiger partial charge >= 0.3 is 0 Å². The van der Waals surface area contributed by atoms with Crippen molar-refractivity contribution in [1.82, 2.24) is 4.90 Å². The van der Waals surface area contributed by atoms with Crippen molar-refractivity contribution in [3.63, 3.8) is 0 Å². The summed E-state index contributed by atoms with van der Waals surface area (Å²) >= 11 is 3.36. The van der Waals surface area contributed by atoms with Crippen molar-refractivity contribution in [1.29, 1.82) is 0 Å². The van der Waals surface area contributed by atoms with Gasteiger partial charge in [0.25, 0.3) is 0 Å². The van der Waals surface area contributed by atoms with Crippen molar-refractivity contribution in [2.75, 3.05) is 0 Å². The molecule has 1 aromatic carbocycles. The van der Waals surface area contributed by atoms with Gasteiger partial charge in [0.2, 0.25) is 0 Å². The van der Waals surface area contributed by atoms with E-state index in [9.17, 15) is 5.11 Å². The number of benzene rings is 1. The number of hydrogen-bond donors (Lipinski definition) is 1. The second-order valence-electron chi connectivity index (χ2n) is 5.46. The molecule has 0 radical (unpaired) electrons. The third kappa shape index (κ3) is 2.36. The van der Waals surface area contributed by atoms with Crippen molar-refractivity contribution in [3.8, 4) is 0 Å². The first-order valence-corrected chi connectivity index (χ1v) is 7.85. The number of nitrogens with zero attached hydrogens (tertiary/aromatic N) is 1. The Morgan fingerprint density at radius 2 is 1.78 bits per heavy atom. The summed E-state index contributed by atoms with van der Waals surface area (Å²) in [4.78, 5) is 2.51. The third-order valence-corrected chi connectivity index (χ3v) is 4.86. The number of aliphatic hydroxyl groups excluding tert-OH is 1. The van der Waals surface area contributed by atoms with E-state index >= 15 is 0 Å². The minimum atomic E-state index is -0.412. The molecule has 1 heterocycles. The molecule has 3 heteroatoms. The van der Waals surface area contributed by atoms with Crippen molar-refractivity contribution in [3.05, 3.63) is 35.9 Å². The Labute approximate surface area is 117 Å². The molecular formula is C15H20BrNO. The molecule has 1 aromatic rings. The van der Waals surface area contributed by atoms with Crippen LogP contribution in [0.25, 0.3) is 0 Å². The smallest absolute Gasteiger partial charge is 0.126 e. The van der Waals surface area contributed by atoms with Crippen LogP contribution >= 0.6 is 15.9 Å². The zero-order valence-corrected chi connectivity index (χ0v) is 12.1. The van der Waals surface area contributed by atoms with Crippen molar-refractivity contribution >= 4 is 15.9 Å². The highest BCUT2D eigenvalue weighted by Gasteiger charge is 2.54. The van der Waals surface area contributed by atoms with E-state index in [-0.39, 0.29) is 6.04 Å². The van der Waals surface area contributed by atoms with E-state index in [1.807, 2.05) is 0 Å². The Morgan fingerprint density at radius 3 is 2.39 bits per heavy atom. The minimum absolute atomic E-state index is 0.260. The normalized spacial score (nSPS) is 34.2. The zero-order valence-electron chi connectivity index (χ0n) is 10.5. The maximum Gasteiger partial charge on any atom is 0.126 e. The fraction of sp³-hybridized carbons (Fsp3) is 0.600. The molecule has 1 saturated heterocycles. The van der Waals surface area contributed by atoms with Gasteiger partial charge in [-0.3, -0.25) is 4.90 Å². The predicted octanol–water partition coefficient (Wildman–Crippen LogP) is 3.46. The van der Waals surface area contributed by atoms with E-state index < -0.39 is 5.01 Å². The molecule has 0 aromatic heterocycles. The van der Waals surface area contributed by atoms with Crippen LogP contribution in [0, 0.1) is 0 Å². The molecule has 1 N–H and O–H groups in total. The fourth-order valence-corrected chi connectivity index (χ4v) is 3.99. The topological polar surface area (TPSA) is 23.2 Å². The number of alkyl halides is 1. The molecule has 0 bridgehead atoms. The van der Waals surface area contributed by atoms with Crippen LogP contribution in [0.5, 0.6) is 0 Å². The molecule has 2 nitrogen and oxygen atoms in total. The van der Waals surface area contributed by atoms with E-state index in [1.54, 1.807) is 0 Å². The highest BCUT2D eigenvalue weighted by atomic mass is 79.9. The standard InChI is InChI=1S/C15H20BrNO/c16-15(18)14-13(11-7-3-1-4-8-11)17(14)12-9-5-2-6-10-12/h1,3-4,7-8,12-15,18H,2,5-6,9-10H2. The van der Waals surface area contributed by atoms with Crippen molar-refractivity contribution in [2.24, 2.45) is 0 Å². The monoisotopic (exact) mass is 309 g/mol. The van der Waals surface area contributed by atoms with Gasteiger partial charge in [0.1, 0.15) is 5.01 Å². The van der Waals surface area contributed by atoms with Crippen LogP contribution in [0.3, 0.4) is 0 Å². The molecular weight excluding hydrogens is 290 g/mol. The van der Waals surface area contributed by atoms with Gasteiger partial charge in [0.15, 0.2) is 0 Å². The molecule has 18 heavy (non-hydrogen) atoms. The van der Waals surface area contributed by atoms with Gasteiger partial charge in [-0.05, 0) is 18.4 Å². The molecule has 98 valence electrons. The van der Waals surface area contributed by atoms with E-state index in [0.717, 1.165) is 0 Å². The molecule has 3 rings (SSSR count). The van der Waals surface area contributed by atoms with E-state index in [0.29, 0.717) is 12.1 Å². The maximum absolute atomic E-state index is 9.90. The van der Waals surface area contributed by atoms with Crippen LogP contribution in [-0.4, -0.2) is 27.1 Å². The van der Waals surface area contributed by atoms with Gasteiger partial charge in [-0.25, -0.2) is 0 Å². The first kappa shape index (κ1) is 12.6. The maximum atomic E-state index is 9.90. The molecule has 4 unspecified atom stereocenters. The lowest BCUT2D eigenvalue weighted by Crippen LogP contribution is -2.26. The summed E-state index contributed by atoms with van der Waals surface area (Å²) in [6, 6.07) is 11.9. The van der Waals surface area contributed by atoms with Crippen LogP contribution < -0.4 is 0 Å². The molecule has 2 fully saturated rings. The summed E-state index contributed by atoms with van der Waals surface area (Å²) < 4.78 is 0. The second kappa shape index (κ2) is 5.32. The molecule has 4 atom stereocenters.